The molecule has 0 unspecified atom stereocenters. The molecule has 0 bridgehead atoms. The predicted molar refractivity (Wildman–Crippen MR) is 145 cm³/mol. The third kappa shape index (κ3) is 3.62. The van der Waals surface area contributed by atoms with Crippen molar-refractivity contribution in [2.45, 2.75) is 58.8 Å². The van der Waals surface area contributed by atoms with Crippen LogP contribution in [0.3, 0.4) is 0 Å². The van der Waals surface area contributed by atoms with Crippen molar-refractivity contribution >= 4 is 21.3 Å². The van der Waals surface area contributed by atoms with E-state index < -0.39 is 10.0 Å². The summed E-state index contributed by atoms with van der Waals surface area (Å²) in [6.45, 7) is 7.37. The standard InChI is InChI=1S/C29H36N3O3S/c1-5-19-15-23-25(18(2)17-36(33,34)30-3)24-16-20-9-6-13-32-14-8-11-22(27(20)32)29(24)35-28(23)21-10-7-12-31(4)26(19)21/h15-17,30H,5-14H2,1-4H3/q+1/b18-17-. The fraction of sp³-hybridized carbons (Fsp3) is 0.483. The Hall–Kier alpha value is -2.64. The van der Waals surface area contributed by atoms with Gasteiger partial charge in [-0.25, -0.2) is 17.7 Å². The third-order valence-electron chi connectivity index (χ3n) is 8.34. The zero-order valence-electron chi connectivity index (χ0n) is 21.8. The van der Waals surface area contributed by atoms with Gasteiger partial charge in [-0.3, -0.25) is 0 Å². The number of benzene rings is 2. The molecule has 4 heterocycles. The van der Waals surface area contributed by atoms with Crippen LogP contribution in [0.25, 0.3) is 5.57 Å². The minimum absolute atomic E-state index is 0.747. The van der Waals surface area contributed by atoms with E-state index in [0.29, 0.717) is 0 Å². The lowest BCUT2D eigenvalue weighted by Crippen LogP contribution is -2.40. The first kappa shape index (κ1) is 23.7. The molecule has 6 rings (SSSR count). The maximum Gasteiger partial charge on any atom is 0.233 e. The van der Waals surface area contributed by atoms with Gasteiger partial charge in [0.15, 0.2) is 0 Å². The van der Waals surface area contributed by atoms with Crippen molar-refractivity contribution in [3.8, 4) is 11.5 Å². The molecule has 4 aliphatic heterocycles. The van der Waals surface area contributed by atoms with Gasteiger partial charge in [0, 0.05) is 58.1 Å². The molecule has 0 fully saturated rings. The molecule has 0 aromatic heterocycles. The molecular formula is C29H36N3O3S+. The van der Waals surface area contributed by atoms with E-state index in [4.69, 9.17) is 4.74 Å². The van der Waals surface area contributed by atoms with E-state index in [1.165, 1.54) is 45.8 Å². The number of fused-ring (bicyclic) bond motifs is 5. The molecule has 0 amide bonds. The van der Waals surface area contributed by atoms with Gasteiger partial charge in [0.1, 0.15) is 25.1 Å². The maximum absolute atomic E-state index is 12.6. The highest BCUT2D eigenvalue weighted by molar-refractivity contribution is 7.92. The molecule has 36 heavy (non-hydrogen) atoms. The van der Waals surface area contributed by atoms with E-state index in [1.54, 1.807) is 0 Å². The summed E-state index contributed by atoms with van der Waals surface area (Å²) in [5, 5.41) is 3.71. The Morgan fingerprint density at radius 2 is 1.86 bits per heavy atom. The predicted octanol–water partition coefficient (Wildman–Crippen LogP) is 2.77. The Labute approximate surface area is 214 Å². The van der Waals surface area contributed by atoms with Gasteiger partial charge in [0.2, 0.25) is 15.4 Å². The first-order valence-electron chi connectivity index (χ1n) is 13.3. The highest BCUT2D eigenvalue weighted by Gasteiger charge is 2.34. The number of nitrogens with zero attached hydrogens (tertiary/aromatic N) is 2. The van der Waals surface area contributed by atoms with Gasteiger partial charge in [-0.2, -0.15) is 0 Å². The number of allylic oxidation sites excluding steroid dienone is 1. The van der Waals surface area contributed by atoms with Crippen molar-refractivity contribution in [1.29, 1.82) is 0 Å². The smallest absolute Gasteiger partial charge is 0.233 e. The molecule has 2 aromatic carbocycles. The summed E-state index contributed by atoms with van der Waals surface area (Å²) in [5.41, 5.74) is 9.40. The number of aryl methyl sites for hydroxylation is 2. The van der Waals surface area contributed by atoms with Crippen LogP contribution in [0.2, 0.25) is 0 Å². The summed E-state index contributed by atoms with van der Waals surface area (Å²) in [4.78, 5) is 2.54. The first-order chi connectivity index (χ1) is 17.3. The van der Waals surface area contributed by atoms with Crippen LogP contribution >= 0.6 is 0 Å². The van der Waals surface area contributed by atoms with Crippen molar-refractivity contribution in [3.05, 3.63) is 61.5 Å². The topological polar surface area (TPSA) is 61.6 Å². The lowest BCUT2D eigenvalue weighted by molar-refractivity contribution is 0.445. The summed E-state index contributed by atoms with van der Waals surface area (Å²) in [6, 6.07) is 4.55. The van der Waals surface area contributed by atoms with Crippen LogP contribution in [0.1, 0.15) is 60.9 Å². The average molecular weight is 507 g/mol. The van der Waals surface area contributed by atoms with E-state index in [9.17, 15) is 8.42 Å². The monoisotopic (exact) mass is 506 g/mol. The Morgan fingerprint density at radius 3 is 2.61 bits per heavy atom. The van der Waals surface area contributed by atoms with Crippen LogP contribution < -0.4 is 29.5 Å². The van der Waals surface area contributed by atoms with Gasteiger partial charge in [0.05, 0.1) is 5.56 Å². The highest BCUT2D eigenvalue weighted by atomic mass is 32.2. The molecule has 6 nitrogen and oxygen atoms in total. The molecule has 190 valence electrons. The fourth-order valence-electron chi connectivity index (χ4n) is 6.81. The van der Waals surface area contributed by atoms with Crippen molar-refractivity contribution in [3.63, 3.8) is 0 Å². The molecule has 0 radical (unpaired) electrons. The Bertz CT molecular complexity index is 1550. The highest BCUT2D eigenvalue weighted by Crippen LogP contribution is 2.48. The van der Waals surface area contributed by atoms with E-state index in [0.717, 1.165) is 98.0 Å². The number of sulfonamides is 1. The molecule has 7 heteroatoms. The minimum atomic E-state index is -3.54. The SMILES string of the molecule is CCc1cc2c(c3c1=[N+](C)CCC3)Oc1c(cc3c4c1CCCN4CCC3)C=2/C(C)=C\S(=O)(=O)NC. The van der Waals surface area contributed by atoms with Crippen molar-refractivity contribution in [1.82, 2.24) is 9.30 Å². The number of anilines is 1. The number of hydrogen-bond acceptors (Lipinski definition) is 4. The summed E-state index contributed by atoms with van der Waals surface area (Å²) in [5.74, 6) is 1.87. The van der Waals surface area contributed by atoms with E-state index in [2.05, 4.69) is 40.3 Å². The summed E-state index contributed by atoms with van der Waals surface area (Å²) < 4.78 is 37.1. The Kier molecular flexibility index (Phi) is 5.76. The molecule has 0 aliphatic carbocycles. The molecule has 0 saturated heterocycles. The van der Waals surface area contributed by atoms with E-state index in [1.807, 2.05) is 6.92 Å². The van der Waals surface area contributed by atoms with Crippen molar-refractivity contribution < 1.29 is 13.2 Å². The number of rotatable bonds is 4. The van der Waals surface area contributed by atoms with Crippen molar-refractivity contribution in [2.75, 3.05) is 38.6 Å². The number of nitrogens with one attached hydrogen (secondary N) is 1. The third-order valence-corrected chi connectivity index (χ3v) is 9.57. The second-order valence-corrected chi connectivity index (χ2v) is 12.3. The normalized spacial score (nSPS) is 18.8. The van der Waals surface area contributed by atoms with Crippen molar-refractivity contribution in [2.24, 2.45) is 0 Å². The molecule has 0 saturated carbocycles. The van der Waals surface area contributed by atoms with Crippen LogP contribution in [0, 0.1) is 0 Å². The van der Waals surface area contributed by atoms with Crippen LogP contribution in [-0.2, 0) is 35.7 Å². The van der Waals surface area contributed by atoms with Gasteiger partial charge in [0.25, 0.3) is 0 Å². The Balaban J connectivity index is 1.76. The molecule has 1 N–H and O–H groups in total. The van der Waals surface area contributed by atoms with Gasteiger partial charge < -0.3 is 9.64 Å². The summed E-state index contributed by atoms with van der Waals surface area (Å²) in [6.07, 6.45) is 7.30. The van der Waals surface area contributed by atoms with Crippen LogP contribution in [0.4, 0.5) is 5.69 Å². The number of ether oxygens (including phenoxy) is 1. The van der Waals surface area contributed by atoms with E-state index >= 15 is 0 Å². The minimum Gasteiger partial charge on any atom is -0.455 e. The average Bonchev–Trinajstić information content (AvgIpc) is 2.87. The zero-order valence-corrected chi connectivity index (χ0v) is 22.6. The first-order valence-corrected chi connectivity index (χ1v) is 14.9. The molecule has 2 aromatic rings. The molecular weight excluding hydrogens is 470 g/mol. The van der Waals surface area contributed by atoms with Gasteiger partial charge in [-0.15, -0.1) is 0 Å². The van der Waals surface area contributed by atoms with Crippen LogP contribution in [0.5, 0.6) is 11.5 Å². The van der Waals surface area contributed by atoms with Crippen LogP contribution in [-0.4, -0.2) is 42.1 Å². The lowest BCUT2D eigenvalue weighted by Gasteiger charge is -2.39. The zero-order chi connectivity index (χ0) is 25.2. The van der Waals surface area contributed by atoms with Crippen LogP contribution in [0.15, 0.2) is 23.1 Å². The summed E-state index contributed by atoms with van der Waals surface area (Å²) >= 11 is 0. The maximum atomic E-state index is 12.6. The van der Waals surface area contributed by atoms with E-state index in [-0.39, 0.29) is 0 Å². The lowest BCUT2D eigenvalue weighted by atomic mass is 9.83. The quantitative estimate of drug-likeness (QED) is 0.648. The summed E-state index contributed by atoms with van der Waals surface area (Å²) in [7, 11) is 0.103. The molecule has 0 atom stereocenters. The largest absolute Gasteiger partial charge is 0.455 e. The van der Waals surface area contributed by atoms with Gasteiger partial charge in [-0.1, -0.05) is 6.92 Å². The second-order valence-electron chi connectivity index (χ2n) is 10.6. The van der Waals surface area contributed by atoms with Gasteiger partial charge in [-0.05, 0) is 75.8 Å². The molecule has 0 spiro atoms. The number of hydrogen-bond donors (Lipinski definition) is 1. The fourth-order valence-corrected chi connectivity index (χ4v) is 7.51. The van der Waals surface area contributed by atoms with Gasteiger partial charge >= 0.3 is 0 Å². The Morgan fingerprint density at radius 1 is 1.11 bits per heavy atom. The molecule has 4 aliphatic rings. The second kappa shape index (κ2) is 8.73.